The van der Waals surface area contributed by atoms with Crippen molar-refractivity contribution < 1.29 is 18.1 Å². The van der Waals surface area contributed by atoms with Crippen molar-refractivity contribution in [3.8, 4) is 0 Å². The van der Waals surface area contributed by atoms with Crippen molar-refractivity contribution in [3.05, 3.63) is 55.8 Å². The molecule has 0 saturated heterocycles. The molecular formula is C14H15N3O5S2. The first-order valence-electron chi connectivity index (χ1n) is 6.80. The monoisotopic (exact) mass is 369 g/mol. The van der Waals surface area contributed by atoms with Crippen LogP contribution >= 0.6 is 11.3 Å². The van der Waals surface area contributed by atoms with E-state index in [1.54, 1.807) is 19.1 Å². The van der Waals surface area contributed by atoms with Gasteiger partial charge in [0.15, 0.2) is 0 Å². The number of amides is 1. The minimum atomic E-state index is -3.50. The molecule has 128 valence electrons. The Morgan fingerprint density at radius 3 is 2.42 bits per heavy atom. The van der Waals surface area contributed by atoms with E-state index < -0.39 is 20.9 Å². The third-order valence-electron chi connectivity index (χ3n) is 3.27. The minimum Gasteiger partial charge on any atom is -0.347 e. The predicted molar refractivity (Wildman–Crippen MR) is 89.6 cm³/mol. The van der Waals surface area contributed by atoms with Gasteiger partial charge < -0.3 is 5.32 Å². The fraction of sp³-hybridized carbons (Fsp3) is 0.214. The molecule has 2 N–H and O–H groups in total. The van der Waals surface area contributed by atoms with E-state index in [0.29, 0.717) is 10.4 Å². The van der Waals surface area contributed by atoms with Crippen LogP contribution in [0.15, 0.2) is 35.2 Å². The van der Waals surface area contributed by atoms with Gasteiger partial charge >= 0.3 is 0 Å². The third-order valence-corrected chi connectivity index (χ3v) is 5.74. The number of benzene rings is 1. The second-order valence-corrected chi connectivity index (χ2v) is 7.99. The summed E-state index contributed by atoms with van der Waals surface area (Å²) in [7, 11) is -2.17. The fourth-order valence-corrected chi connectivity index (χ4v) is 3.57. The lowest BCUT2D eigenvalue weighted by Gasteiger charge is -2.06. The smallest absolute Gasteiger partial charge is 0.283 e. The maximum absolute atomic E-state index is 12.0. The minimum absolute atomic E-state index is 0.0771. The van der Waals surface area contributed by atoms with E-state index in [1.807, 2.05) is 0 Å². The van der Waals surface area contributed by atoms with Crippen LogP contribution in [0.5, 0.6) is 0 Å². The molecule has 1 heterocycles. The van der Waals surface area contributed by atoms with Crippen LogP contribution in [0.3, 0.4) is 0 Å². The van der Waals surface area contributed by atoms with E-state index in [1.165, 1.54) is 25.2 Å². The van der Waals surface area contributed by atoms with Gasteiger partial charge in [-0.25, -0.2) is 13.1 Å². The van der Waals surface area contributed by atoms with Crippen LogP contribution in [0.25, 0.3) is 0 Å². The summed E-state index contributed by atoms with van der Waals surface area (Å²) in [5.41, 5.74) is 0.632. The molecule has 24 heavy (non-hydrogen) atoms. The molecular weight excluding hydrogens is 354 g/mol. The second kappa shape index (κ2) is 7.07. The third kappa shape index (κ3) is 3.96. The molecule has 1 aromatic carbocycles. The van der Waals surface area contributed by atoms with Crippen LogP contribution in [0.2, 0.25) is 0 Å². The van der Waals surface area contributed by atoms with Gasteiger partial charge in [-0.2, -0.15) is 0 Å². The van der Waals surface area contributed by atoms with Crippen molar-refractivity contribution in [1.82, 2.24) is 10.0 Å². The summed E-state index contributed by atoms with van der Waals surface area (Å²) in [5.74, 6) is -0.414. The zero-order chi connectivity index (χ0) is 17.9. The average Bonchev–Trinajstić information content (AvgIpc) is 2.95. The molecule has 0 atom stereocenters. The van der Waals surface area contributed by atoms with Crippen LogP contribution in [0.1, 0.15) is 20.1 Å². The highest BCUT2D eigenvalue weighted by Crippen LogP contribution is 2.27. The summed E-state index contributed by atoms with van der Waals surface area (Å²) in [5, 5.41) is 13.5. The fourth-order valence-electron chi connectivity index (χ4n) is 1.94. The largest absolute Gasteiger partial charge is 0.347 e. The molecule has 0 saturated carbocycles. The predicted octanol–water partition coefficient (Wildman–Crippen LogP) is 1.80. The Morgan fingerprint density at radius 1 is 1.29 bits per heavy atom. The van der Waals surface area contributed by atoms with E-state index in [-0.39, 0.29) is 22.0 Å². The Hall–Kier alpha value is -2.30. The number of carbonyl (C=O) groups excluding carboxylic acids is 1. The molecule has 0 radical (unpaired) electrons. The number of thiophene rings is 1. The highest BCUT2D eigenvalue weighted by Gasteiger charge is 2.19. The van der Waals surface area contributed by atoms with Gasteiger partial charge in [0, 0.05) is 12.6 Å². The lowest BCUT2D eigenvalue weighted by atomic mass is 10.2. The van der Waals surface area contributed by atoms with Crippen molar-refractivity contribution in [2.24, 2.45) is 0 Å². The van der Waals surface area contributed by atoms with Crippen molar-refractivity contribution in [3.63, 3.8) is 0 Å². The molecule has 0 bridgehead atoms. The van der Waals surface area contributed by atoms with Gasteiger partial charge in [0.2, 0.25) is 10.0 Å². The SMILES string of the molecule is CNS(=O)(=O)c1ccc(CNC(=O)c2cc([N+](=O)[O-])c(C)s2)cc1. The van der Waals surface area contributed by atoms with Crippen LogP contribution in [-0.2, 0) is 16.6 Å². The molecule has 0 aliphatic rings. The second-order valence-electron chi connectivity index (χ2n) is 4.84. The number of carbonyl (C=O) groups is 1. The number of hydrogen-bond donors (Lipinski definition) is 2. The molecule has 2 aromatic rings. The average molecular weight is 369 g/mol. The lowest BCUT2D eigenvalue weighted by Crippen LogP contribution is -2.22. The first kappa shape index (κ1) is 18.0. The standard InChI is InChI=1S/C14H15N3O5S2/c1-9-12(17(19)20)7-13(23-9)14(18)16-8-10-3-5-11(6-4-10)24(21,22)15-2/h3-7,15H,8H2,1-2H3,(H,16,18). The van der Waals surface area contributed by atoms with Crippen molar-refractivity contribution in [1.29, 1.82) is 0 Å². The molecule has 1 amide bonds. The zero-order valence-corrected chi connectivity index (χ0v) is 14.5. The summed E-state index contributed by atoms with van der Waals surface area (Å²) in [6, 6.07) is 7.30. The Labute approximate surface area is 142 Å². The molecule has 10 heteroatoms. The summed E-state index contributed by atoms with van der Waals surface area (Å²) >= 11 is 1.05. The van der Waals surface area contributed by atoms with Gasteiger partial charge in [-0.3, -0.25) is 14.9 Å². The lowest BCUT2D eigenvalue weighted by molar-refractivity contribution is -0.385. The Balaban J connectivity index is 2.04. The van der Waals surface area contributed by atoms with Crippen LogP contribution in [-0.4, -0.2) is 26.3 Å². The molecule has 0 spiro atoms. The molecule has 2 rings (SSSR count). The van der Waals surface area contributed by atoms with E-state index >= 15 is 0 Å². The number of nitro groups is 1. The highest BCUT2D eigenvalue weighted by atomic mass is 32.2. The van der Waals surface area contributed by atoms with E-state index in [0.717, 1.165) is 11.3 Å². The number of aryl methyl sites for hydroxylation is 1. The number of nitrogens with zero attached hydrogens (tertiary/aromatic N) is 1. The van der Waals surface area contributed by atoms with Gasteiger partial charge in [-0.1, -0.05) is 12.1 Å². The Bertz CT molecular complexity index is 872. The van der Waals surface area contributed by atoms with Crippen molar-refractivity contribution in [2.75, 3.05) is 7.05 Å². The van der Waals surface area contributed by atoms with Gasteiger partial charge in [0.25, 0.3) is 11.6 Å². The van der Waals surface area contributed by atoms with Gasteiger partial charge in [0.05, 0.1) is 19.6 Å². The van der Waals surface area contributed by atoms with Gasteiger partial charge in [-0.15, -0.1) is 11.3 Å². The molecule has 1 aromatic heterocycles. The zero-order valence-electron chi connectivity index (χ0n) is 12.9. The summed E-state index contributed by atoms with van der Waals surface area (Å²) in [6.07, 6.45) is 0. The Morgan fingerprint density at radius 2 is 1.92 bits per heavy atom. The topological polar surface area (TPSA) is 118 Å². The van der Waals surface area contributed by atoms with Crippen LogP contribution in [0, 0.1) is 17.0 Å². The summed E-state index contributed by atoms with van der Waals surface area (Å²) < 4.78 is 25.5. The number of sulfonamides is 1. The number of rotatable bonds is 6. The van der Waals surface area contributed by atoms with Gasteiger partial charge in [0.1, 0.15) is 0 Å². The van der Waals surface area contributed by atoms with Crippen LogP contribution in [0.4, 0.5) is 5.69 Å². The van der Waals surface area contributed by atoms with Crippen LogP contribution < -0.4 is 10.0 Å². The summed E-state index contributed by atoms with van der Waals surface area (Å²) in [4.78, 5) is 23.2. The molecule has 0 aliphatic heterocycles. The number of hydrogen-bond acceptors (Lipinski definition) is 6. The van der Waals surface area contributed by atoms with E-state index in [9.17, 15) is 23.3 Å². The van der Waals surface area contributed by atoms with Crippen molar-refractivity contribution in [2.45, 2.75) is 18.4 Å². The first-order chi connectivity index (χ1) is 11.2. The molecule has 0 unspecified atom stereocenters. The molecule has 0 fully saturated rings. The first-order valence-corrected chi connectivity index (χ1v) is 9.10. The van der Waals surface area contributed by atoms with E-state index in [4.69, 9.17) is 0 Å². The summed E-state index contributed by atoms with van der Waals surface area (Å²) in [6.45, 7) is 1.77. The molecule has 8 nitrogen and oxygen atoms in total. The number of nitrogens with one attached hydrogen (secondary N) is 2. The quantitative estimate of drug-likeness (QED) is 0.594. The maximum atomic E-state index is 12.0. The highest BCUT2D eigenvalue weighted by molar-refractivity contribution is 7.89. The normalized spacial score (nSPS) is 11.2. The van der Waals surface area contributed by atoms with Gasteiger partial charge in [-0.05, 0) is 31.7 Å². The van der Waals surface area contributed by atoms with Crippen molar-refractivity contribution >= 4 is 33.0 Å². The molecule has 0 aliphatic carbocycles. The Kier molecular flexibility index (Phi) is 5.32. The maximum Gasteiger partial charge on any atom is 0.283 e. The van der Waals surface area contributed by atoms with E-state index in [2.05, 4.69) is 10.0 Å².